The first-order valence-corrected chi connectivity index (χ1v) is 5.50. The summed E-state index contributed by atoms with van der Waals surface area (Å²) in [6.07, 6.45) is 6.45. The van der Waals surface area contributed by atoms with E-state index in [0.717, 1.165) is 32.1 Å². The molecular formula is C11H19NO3. The first-order chi connectivity index (χ1) is 7.31. The van der Waals surface area contributed by atoms with Gasteiger partial charge >= 0.3 is 5.97 Å². The van der Waals surface area contributed by atoms with Gasteiger partial charge < -0.3 is 4.74 Å². The predicted molar refractivity (Wildman–Crippen MR) is 57.3 cm³/mol. The van der Waals surface area contributed by atoms with Crippen LogP contribution in [0.3, 0.4) is 0 Å². The van der Waals surface area contributed by atoms with Gasteiger partial charge in [-0.05, 0) is 19.3 Å². The van der Waals surface area contributed by atoms with E-state index in [0.29, 0.717) is 19.6 Å². The quantitative estimate of drug-likeness (QED) is 0.255. The van der Waals surface area contributed by atoms with E-state index in [9.17, 15) is 9.59 Å². The van der Waals surface area contributed by atoms with Gasteiger partial charge in [0.2, 0.25) is 6.08 Å². The molecule has 0 heterocycles. The standard InChI is InChI=1S/C11H19NO3/c1-2-3-9-15-11(14)7-5-4-6-8-12-10-13/h2-9H2,1H3. The number of nitrogens with zero attached hydrogens (tertiary/aromatic N) is 1. The van der Waals surface area contributed by atoms with Gasteiger partial charge in [-0.3, -0.25) is 4.79 Å². The number of isocyanates is 1. The average Bonchev–Trinajstić information content (AvgIpc) is 2.23. The maximum atomic E-state index is 11.1. The number of rotatable bonds is 9. The number of aliphatic imine (C=N–C) groups is 1. The van der Waals surface area contributed by atoms with Crippen molar-refractivity contribution < 1.29 is 14.3 Å². The van der Waals surface area contributed by atoms with E-state index in [1.807, 2.05) is 0 Å². The Hall–Kier alpha value is -1.15. The lowest BCUT2D eigenvalue weighted by atomic mass is 10.2. The zero-order chi connectivity index (χ0) is 11.4. The molecule has 15 heavy (non-hydrogen) atoms. The molecule has 0 aromatic carbocycles. The highest BCUT2D eigenvalue weighted by molar-refractivity contribution is 5.69. The number of hydrogen-bond donors (Lipinski definition) is 0. The SMILES string of the molecule is CCCCOC(=O)CCCCCN=C=O. The maximum Gasteiger partial charge on any atom is 0.305 e. The Morgan fingerprint density at radius 1 is 1.27 bits per heavy atom. The van der Waals surface area contributed by atoms with Gasteiger partial charge in [-0.2, -0.15) is 0 Å². The minimum Gasteiger partial charge on any atom is -0.466 e. The molecule has 86 valence electrons. The van der Waals surface area contributed by atoms with Crippen molar-refractivity contribution in [2.45, 2.75) is 45.4 Å². The molecule has 0 N–H and O–H groups in total. The lowest BCUT2D eigenvalue weighted by molar-refractivity contribution is -0.143. The number of carbonyl (C=O) groups is 1. The summed E-state index contributed by atoms with van der Waals surface area (Å²) in [5.41, 5.74) is 0. The topological polar surface area (TPSA) is 55.7 Å². The van der Waals surface area contributed by atoms with Crippen molar-refractivity contribution in [3.05, 3.63) is 0 Å². The minimum atomic E-state index is -0.123. The minimum absolute atomic E-state index is 0.123. The molecule has 0 saturated heterocycles. The number of carbonyl (C=O) groups excluding carboxylic acids is 2. The van der Waals surface area contributed by atoms with Crippen molar-refractivity contribution in [1.29, 1.82) is 0 Å². The molecule has 0 aliphatic carbocycles. The van der Waals surface area contributed by atoms with Crippen LogP contribution in [0.5, 0.6) is 0 Å². The third-order valence-electron chi connectivity index (χ3n) is 1.98. The van der Waals surface area contributed by atoms with Crippen LogP contribution in [0.2, 0.25) is 0 Å². The molecule has 0 spiro atoms. The zero-order valence-electron chi connectivity index (χ0n) is 9.33. The third-order valence-corrected chi connectivity index (χ3v) is 1.98. The van der Waals surface area contributed by atoms with Crippen LogP contribution in [-0.2, 0) is 14.3 Å². The van der Waals surface area contributed by atoms with Crippen molar-refractivity contribution >= 4 is 12.0 Å². The van der Waals surface area contributed by atoms with Crippen molar-refractivity contribution in [2.24, 2.45) is 4.99 Å². The van der Waals surface area contributed by atoms with Crippen LogP contribution >= 0.6 is 0 Å². The fourth-order valence-corrected chi connectivity index (χ4v) is 1.09. The molecule has 0 rings (SSSR count). The molecular weight excluding hydrogens is 194 g/mol. The van der Waals surface area contributed by atoms with Crippen molar-refractivity contribution in [3.63, 3.8) is 0 Å². The second-order valence-corrected chi connectivity index (χ2v) is 3.36. The molecule has 4 heteroatoms. The Labute approximate surface area is 90.7 Å². The molecule has 0 aliphatic rings. The number of ether oxygens (including phenoxy) is 1. The summed E-state index contributed by atoms with van der Waals surface area (Å²) in [5.74, 6) is -0.123. The molecule has 0 aromatic rings. The van der Waals surface area contributed by atoms with Gasteiger partial charge in [0.25, 0.3) is 0 Å². The van der Waals surface area contributed by atoms with Crippen LogP contribution in [0, 0.1) is 0 Å². The van der Waals surface area contributed by atoms with Crippen LogP contribution in [0.1, 0.15) is 45.4 Å². The largest absolute Gasteiger partial charge is 0.466 e. The van der Waals surface area contributed by atoms with Gasteiger partial charge in [-0.25, -0.2) is 9.79 Å². The number of unbranched alkanes of at least 4 members (excludes halogenated alkanes) is 3. The highest BCUT2D eigenvalue weighted by atomic mass is 16.5. The van der Waals surface area contributed by atoms with Gasteiger partial charge in [0, 0.05) is 6.42 Å². The molecule has 0 fully saturated rings. The smallest absolute Gasteiger partial charge is 0.305 e. The second kappa shape index (κ2) is 10.9. The summed E-state index contributed by atoms with van der Waals surface area (Å²) in [6, 6.07) is 0. The summed E-state index contributed by atoms with van der Waals surface area (Å²) in [5, 5.41) is 0. The Bertz CT molecular complexity index is 210. The van der Waals surface area contributed by atoms with Crippen molar-refractivity contribution in [2.75, 3.05) is 13.2 Å². The fraction of sp³-hybridized carbons (Fsp3) is 0.818. The lowest BCUT2D eigenvalue weighted by Crippen LogP contribution is -2.05. The lowest BCUT2D eigenvalue weighted by Gasteiger charge is -2.02. The Morgan fingerprint density at radius 3 is 2.73 bits per heavy atom. The Kier molecular flexibility index (Phi) is 10.1. The molecule has 0 saturated carbocycles. The third kappa shape index (κ3) is 10.8. The van der Waals surface area contributed by atoms with E-state index >= 15 is 0 Å². The highest BCUT2D eigenvalue weighted by Crippen LogP contribution is 2.02. The molecule has 0 atom stereocenters. The molecule has 0 bridgehead atoms. The zero-order valence-corrected chi connectivity index (χ0v) is 9.33. The van der Waals surface area contributed by atoms with Gasteiger partial charge in [0.05, 0.1) is 13.2 Å². The fourth-order valence-electron chi connectivity index (χ4n) is 1.09. The van der Waals surface area contributed by atoms with Gasteiger partial charge in [0.1, 0.15) is 0 Å². The summed E-state index contributed by atoms with van der Waals surface area (Å²) in [6.45, 7) is 3.10. The van der Waals surface area contributed by atoms with E-state index in [1.165, 1.54) is 6.08 Å². The summed E-state index contributed by atoms with van der Waals surface area (Å²) < 4.78 is 4.99. The van der Waals surface area contributed by atoms with E-state index in [2.05, 4.69) is 11.9 Å². The van der Waals surface area contributed by atoms with E-state index < -0.39 is 0 Å². The van der Waals surface area contributed by atoms with Gasteiger partial charge in [0.15, 0.2) is 0 Å². The van der Waals surface area contributed by atoms with Crippen LogP contribution < -0.4 is 0 Å². The van der Waals surface area contributed by atoms with Gasteiger partial charge in [-0.1, -0.05) is 19.8 Å². The van der Waals surface area contributed by atoms with Crippen LogP contribution in [0.15, 0.2) is 4.99 Å². The van der Waals surface area contributed by atoms with E-state index in [-0.39, 0.29) is 5.97 Å². The number of esters is 1. The summed E-state index contributed by atoms with van der Waals surface area (Å²) in [4.78, 5) is 24.3. The Balaban J connectivity index is 3.20. The predicted octanol–water partition coefficient (Wildman–Crippen LogP) is 2.23. The maximum absolute atomic E-state index is 11.1. The van der Waals surface area contributed by atoms with Gasteiger partial charge in [-0.15, -0.1) is 0 Å². The molecule has 0 amide bonds. The number of hydrogen-bond acceptors (Lipinski definition) is 4. The van der Waals surface area contributed by atoms with E-state index in [1.54, 1.807) is 0 Å². The monoisotopic (exact) mass is 213 g/mol. The summed E-state index contributed by atoms with van der Waals surface area (Å²) in [7, 11) is 0. The van der Waals surface area contributed by atoms with Crippen LogP contribution in [-0.4, -0.2) is 25.2 Å². The molecule has 0 radical (unpaired) electrons. The first-order valence-electron chi connectivity index (χ1n) is 5.50. The summed E-state index contributed by atoms with van der Waals surface area (Å²) >= 11 is 0. The molecule has 4 nitrogen and oxygen atoms in total. The molecule has 0 unspecified atom stereocenters. The van der Waals surface area contributed by atoms with Crippen molar-refractivity contribution in [1.82, 2.24) is 0 Å². The van der Waals surface area contributed by atoms with Crippen molar-refractivity contribution in [3.8, 4) is 0 Å². The van der Waals surface area contributed by atoms with Crippen LogP contribution in [0.4, 0.5) is 0 Å². The first kappa shape index (κ1) is 13.8. The average molecular weight is 213 g/mol. The molecule has 0 aliphatic heterocycles. The molecule has 0 aromatic heterocycles. The Morgan fingerprint density at radius 2 is 2.07 bits per heavy atom. The second-order valence-electron chi connectivity index (χ2n) is 3.36. The highest BCUT2D eigenvalue weighted by Gasteiger charge is 2.01. The van der Waals surface area contributed by atoms with Crippen LogP contribution in [0.25, 0.3) is 0 Å². The normalized spacial score (nSPS) is 9.40. The van der Waals surface area contributed by atoms with E-state index in [4.69, 9.17) is 4.74 Å².